The van der Waals surface area contributed by atoms with Crippen LogP contribution in [0, 0.1) is 0 Å². The van der Waals surface area contributed by atoms with Crippen molar-refractivity contribution in [2.75, 3.05) is 26.3 Å². The molecule has 0 unspecified atom stereocenters. The first-order chi connectivity index (χ1) is 13.3. The third-order valence-corrected chi connectivity index (χ3v) is 4.36. The average molecular weight is 363 g/mol. The van der Waals surface area contributed by atoms with Gasteiger partial charge in [0.2, 0.25) is 0 Å². The standard InChI is InChI=1S/C20H21N5O2/c26-18-7-2-1-6-17(18)20-22-19(9-8-16-5-3-4-10-21-16)23-25(20)15-24-11-13-27-14-12-24/h1-10,26H,11-15H2/b9-8+. The Morgan fingerprint density at radius 1 is 1.04 bits per heavy atom. The molecule has 0 amide bonds. The number of morpholine rings is 1. The minimum atomic E-state index is 0.188. The number of phenols is 1. The van der Waals surface area contributed by atoms with Crippen LogP contribution < -0.4 is 0 Å². The molecule has 0 radical (unpaired) electrons. The van der Waals surface area contributed by atoms with E-state index in [2.05, 4.69) is 20.0 Å². The molecule has 138 valence electrons. The largest absolute Gasteiger partial charge is 0.507 e. The molecule has 0 saturated carbocycles. The van der Waals surface area contributed by atoms with E-state index in [4.69, 9.17) is 4.74 Å². The van der Waals surface area contributed by atoms with Crippen molar-refractivity contribution in [3.05, 3.63) is 60.2 Å². The first-order valence-electron chi connectivity index (χ1n) is 8.92. The lowest BCUT2D eigenvalue weighted by Gasteiger charge is -2.26. The molecule has 27 heavy (non-hydrogen) atoms. The van der Waals surface area contributed by atoms with E-state index in [0.717, 1.165) is 18.8 Å². The number of pyridine rings is 1. The van der Waals surface area contributed by atoms with E-state index in [9.17, 15) is 5.11 Å². The maximum atomic E-state index is 10.3. The summed E-state index contributed by atoms with van der Waals surface area (Å²) in [5, 5.41) is 14.9. The van der Waals surface area contributed by atoms with Gasteiger partial charge in [-0.3, -0.25) is 9.88 Å². The molecule has 0 aliphatic carbocycles. The number of ether oxygens (including phenoxy) is 1. The lowest BCUT2D eigenvalue weighted by molar-refractivity contribution is 0.0216. The van der Waals surface area contributed by atoms with Crippen molar-refractivity contribution in [2.24, 2.45) is 0 Å². The van der Waals surface area contributed by atoms with Gasteiger partial charge in [-0.15, -0.1) is 5.10 Å². The quantitative estimate of drug-likeness (QED) is 0.751. The fourth-order valence-electron chi connectivity index (χ4n) is 2.96. The topological polar surface area (TPSA) is 76.3 Å². The van der Waals surface area contributed by atoms with Gasteiger partial charge >= 0.3 is 0 Å². The molecule has 2 aromatic heterocycles. The maximum absolute atomic E-state index is 10.3. The number of benzene rings is 1. The molecule has 3 aromatic rings. The van der Waals surface area contributed by atoms with Gasteiger partial charge in [-0.05, 0) is 36.4 Å². The third-order valence-electron chi connectivity index (χ3n) is 4.36. The number of aromatic nitrogens is 4. The Balaban J connectivity index is 1.66. The molecular weight excluding hydrogens is 342 g/mol. The molecule has 4 rings (SSSR count). The van der Waals surface area contributed by atoms with Crippen LogP contribution in [0.15, 0.2) is 48.7 Å². The first-order valence-corrected chi connectivity index (χ1v) is 8.92. The number of hydrogen-bond donors (Lipinski definition) is 1. The molecule has 0 atom stereocenters. The van der Waals surface area contributed by atoms with Crippen LogP contribution >= 0.6 is 0 Å². The number of nitrogens with zero attached hydrogens (tertiary/aromatic N) is 5. The van der Waals surface area contributed by atoms with Crippen LogP contribution in [0.3, 0.4) is 0 Å². The first kappa shape index (κ1) is 17.4. The van der Waals surface area contributed by atoms with Crippen molar-refractivity contribution < 1.29 is 9.84 Å². The highest BCUT2D eigenvalue weighted by atomic mass is 16.5. The summed E-state index contributed by atoms with van der Waals surface area (Å²) in [4.78, 5) is 11.2. The van der Waals surface area contributed by atoms with Crippen LogP contribution in [0.4, 0.5) is 0 Å². The zero-order chi connectivity index (χ0) is 18.5. The third kappa shape index (κ3) is 4.21. The summed E-state index contributed by atoms with van der Waals surface area (Å²) in [6, 6.07) is 12.9. The van der Waals surface area contributed by atoms with Crippen molar-refractivity contribution >= 4 is 12.2 Å². The predicted molar refractivity (Wildman–Crippen MR) is 103 cm³/mol. The normalized spacial score (nSPS) is 15.4. The Hall–Kier alpha value is -3.03. The summed E-state index contributed by atoms with van der Waals surface area (Å²) in [6.45, 7) is 3.72. The monoisotopic (exact) mass is 363 g/mol. The lowest BCUT2D eigenvalue weighted by atomic mass is 10.2. The smallest absolute Gasteiger partial charge is 0.174 e. The van der Waals surface area contributed by atoms with Gasteiger partial charge in [0.05, 0.1) is 31.1 Å². The highest BCUT2D eigenvalue weighted by molar-refractivity contribution is 5.68. The zero-order valence-electron chi connectivity index (χ0n) is 14.9. The second-order valence-corrected chi connectivity index (χ2v) is 6.27. The molecule has 7 nitrogen and oxygen atoms in total. The molecule has 1 aliphatic heterocycles. The second-order valence-electron chi connectivity index (χ2n) is 6.27. The van der Waals surface area contributed by atoms with E-state index >= 15 is 0 Å². The molecule has 3 heterocycles. The molecule has 1 N–H and O–H groups in total. The van der Waals surface area contributed by atoms with Gasteiger partial charge in [-0.25, -0.2) is 9.67 Å². The molecular formula is C20H21N5O2. The van der Waals surface area contributed by atoms with Gasteiger partial charge in [0.1, 0.15) is 5.75 Å². The van der Waals surface area contributed by atoms with Crippen LogP contribution in [0.25, 0.3) is 23.5 Å². The lowest BCUT2D eigenvalue weighted by Crippen LogP contribution is -2.37. The van der Waals surface area contributed by atoms with Crippen molar-refractivity contribution in [1.29, 1.82) is 0 Å². The van der Waals surface area contributed by atoms with Crippen molar-refractivity contribution in [1.82, 2.24) is 24.6 Å². The van der Waals surface area contributed by atoms with E-state index in [-0.39, 0.29) is 5.75 Å². The number of hydrogen-bond acceptors (Lipinski definition) is 6. The van der Waals surface area contributed by atoms with E-state index < -0.39 is 0 Å². The van der Waals surface area contributed by atoms with Gasteiger partial charge in [0.15, 0.2) is 11.6 Å². The minimum absolute atomic E-state index is 0.188. The van der Waals surface area contributed by atoms with E-state index in [0.29, 0.717) is 37.1 Å². The SMILES string of the molecule is Oc1ccccc1-c1nc(/C=C/c2ccccn2)nn1CN1CCOCC1. The zero-order valence-corrected chi connectivity index (χ0v) is 14.9. The van der Waals surface area contributed by atoms with E-state index in [1.807, 2.05) is 47.2 Å². The summed E-state index contributed by atoms with van der Waals surface area (Å²) in [7, 11) is 0. The van der Waals surface area contributed by atoms with E-state index in [1.54, 1.807) is 18.3 Å². The van der Waals surface area contributed by atoms with Crippen molar-refractivity contribution in [3.63, 3.8) is 0 Å². The molecule has 0 bridgehead atoms. The number of phenolic OH excluding ortho intramolecular Hbond substituents is 1. The van der Waals surface area contributed by atoms with Gasteiger partial charge < -0.3 is 9.84 Å². The van der Waals surface area contributed by atoms with Gasteiger partial charge in [-0.2, -0.15) is 0 Å². The second kappa shape index (κ2) is 8.11. The summed E-state index contributed by atoms with van der Waals surface area (Å²) < 4.78 is 7.25. The highest BCUT2D eigenvalue weighted by Crippen LogP contribution is 2.27. The molecule has 7 heteroatoms. The van der Waals surface area contributed by atoms with Crippen LogP contribution in [0.2, 0.25) is 0 Å². The molecule has 1 aliphatic rings. The number of para-hydroxylation sites is 1. The molecule has 1 aromatic carbocycles. The van der Waals surface area contributed by atoms with Crippen LogP contribution in [0.1, 0.15) is 11.5 Å². The maximum Gasteiger partial charge on any atom is 0.174 e. The van der Waals surface area contributed by atoms with Crippen molar-refractivity contribution in [2.45, 2.75) is 6.67 Å². The minimum Gasteiger partial charge on any atom is -0.507 e. The van der Waals surface area contributed by atoms with Gasteiger partial charge in [-0.1, -0.05) is 18.2 Å². The molecule has 1 fully saturated rings. The average Bonchev–Trinajstić information content (AvgIpc) is 3.11. The molecule has 1 saturated heterocycles. The summed E-state index contributed by atoms with van der Waals surface area (Å²) in [5.41, 5.74) is 1.50. The summed E-state index contributed by atoms with van der Waals surface area (Å²) >= 11 is 0. The predicted octanol–water partition coefficient (Wildman–Crippen LogP) is 2.51. The Bertz CT molecular complexity index is 917. The highest BCUT2D eigenvalue weighted by Gasteiger charge is 2.18. The summed E-state index contributed by atoms with van der Waals surface area (Å²) in [6.07, 6.45) is 5.46. The Morgan fingerprint density at radius 3 is 2.63 bits per heavy atom. The Morgan fingerprint density at radius 2 is 1.85 bits per heavy atom. The Labute approximate surface area is 157 Å². The fraction of sp³-hybridized carbons (Fsp3) is 0.250. The summed E-state index contributed by atoms with van der Waals surface area (Å²) in [5.74, 6) is 1.40. The van der Waals surface area contributed by atoms with Crippen LogP contribution in [0.5, 0.6) is 5.75 Å². The van der Waals surface area contributed by atoms with E-state index in [1.165, 1.54) is 0 Å². The van der Waals surface area contributed by atoms with Gasteiger partial charge in [0.25, 0.3) is 0 Å². The van der Waals surface area contributed by atoms with Crippen molar-refractivity contribution in [3.8, 4) is 17.1 Å². The Kier molecular flexibility index (Phi) is 5.22. The number of rotatable bonds is 5. The fourth-order valence-corrected chi connectivity index (χ4v) is 2.96. The van der Waals surface area contributed by atoms with Gasteiger partial charge in [0, 0.05) is 19.3 Å². The van der Waals surface area contributed by atoms with Crippen LogP contribution in [-0.4, -0.2) is 56.1 Å². The van der Waals surface area contributed by atoms with Crippen LogP contribution in [-0.2, 0) is 11.4 Å². The number of aromatic hydroxyl groups is 1. The molecule has 0 spiro atoms.